The minimum Gasteiger partial charge on any atom is -0.469 e. The highest BCUT2D eigenvalue weighted by molar-refractivity contribution is 5.20. The van der Waals surface area contributed by atoms with E-state index in [0.29, 0.717) is 5.92 Å². The summed E-state index contributed by atoms with van der Waals surface area (Å²) < 4.78 is 7.80. The fraction of sp³-hybridized carbons (Fsp3) is 0.500. The molecule has 2 rings (SSSR count). The summed E-state index contributed by atoms with van der Waals surface area (Å²) in [4.78, 5) is 0. The fourth-order valence-electron chi connectivity index (χ4n) is 2.35. The summed E-state index contributed by atoms with van der Waals surface area (Å²) in [5, 5.41) is 3.50. The van der Waals surface area contributed by atoms with Gasteiger partial charge >= 0.3 is 0 Å². The summed E-state index contributed by atoms with van der Waals surface area (Å²) in [6.45, 7) is 9.65. The molecule has 0 aromatic carbocycles. The van der Waals surface area contributed by atoms with Gasteiger partial charge in [-0.25, -0.2) is 0 Å². The summed E-state index contributed by atoms with van der Waals surface area (Å²) in [5.74, 6) is 1.71. The second-order valence-electron chi connectivity index (χ2n) is 5.34. The molecule has 0 spiro atoms. The molecule has 0 aliphatic rings. The standard InChI is InChI=1S/C16H24N2O/c1-4-18-14(10-16-6-5-9-19-16)7-8-15(18)12-17-11-13(2)3/h5-9,13,17H,4,10-12H2,1-3H3. The predicted molar refractivity (Wildman–Crippen MR) is 78.2 cm³/mol. The number of hydrogen-bond acceptors (Lipinski definition) is 2. The Hall–Kier alpha value is -1.48. The van der Waals surface area contributed by atoms with Crippen molar-refractivity contribution in [1.29, 1.82) is 0 Å². The Bertz CT molecular complexity index is 483. The molecule has 2 aromatic heterocycles. The molecule has 2 heterocycles. The first-order valence-corrected chi connectivity index (χ1v) is 7.11. The maximum atomic E-state index is 5.43. The Morgan fingerprint density at radius 2 is 2.00 bits per heavy atom. The van der Waals surface area contributed by atoms with E-state index in [2.05, 4.69) is 42.8 Å². The average molecular weight is 260 g/mol. The van der Waals surface area contributed by atoms with Crippen LogP contribution in [0, 0.1) is 5.92 Å². The van der Waals surface area contributed by atoms with Crippen molar-refractivity contribution in [2.24, 2.45) is 5.92 Å². The zero-order chi connectivity index (χ0) is 13.7. The third kappa shape index (κ3) is 3.74. The molecule has 0 atom stereocenters. The second kappa shape index (κ2) is 6.62. The van der Waals surface area contributed by atoms with E-state index >= 15 is 0 Å². The molecule has 0 bridgehead atoms. The molecular weight excluding hydrogens is 236 g/mol. The highest BCUT2D eigenvalue weighted by Gasteiger charge is 2.08. The normalized spacial score (nSPS) is 11.4. The molecule has 0 amide bonds. The topological polar surface area (TPSA) is 30.1 Å². The smallest absolute Gasteiger partial charge is 0.109 e. The lowest BCUT2D eigenvalue weighted by Gasteiger charge is -2.12. The molecule has 104 valence electrons. The van der Waals surface area contributed by atoms with E-state index in [1.54, 1.807) is 6.26 Å². The third-order valence-corrected chi connectivity index (χ3v) is 3.27. The summed E-state index contributed by atoms with van der Waals surface area (Å²) in [7, 11) is 0. The van der Waals surface area contributed by atoms with E-state index in [0.717, 1.165) is 31.8 Å². The van der Waals surface area contributed by atoms with Gasteiger partial charge in [0.25, 0.3) is 0 Å². The minimum absolute atomic E-state index is 0.688. The largest absolute Gasteiger partial charge is 0.469 e. The predicted octanol–water partition coefficient (Wildman–Crippen LogP) is 3.44. The Balaban J connectivity index is 2.02. The van der Waals surface area contributed by atoms with Crippen molar-refractivity contribution in [2.45, 2.75) is 40.3 Å². The Labute approximate surface area is 115 Å². The zero-order valence-corrected chi connectivity index (χ0v) is 12.1. The van der Waals surface area contributed by atoms with Gasteiger partial charge in [-0.15, -0.1) is 0 Å². The monoisotopic (exact) mass is 260 g/mol. The summed E-state index contributed by atoms with van der Waals surface area (Å²) in [6.07, 6.45) is 2.60. The van der Waals surface area contributed by atoms with Gasteiger partial charge in [0.15, 0.2) is 0 Å². The van der Waals surface area contributed by atoms with Crippen molar-refractivity contribution < 1.29 is 4.42 Å². The Morgan fingerprint density at radius 1 is 1.21 bits per heavy atom. The first kappa shape index (κ1) is 13.9. The van der Waals surface area contributed by atoms with E-state index in [-0.39, 0.29) is 0 Å². The number of aromatic nitrogens is 1. The van der Waals surface area contributed by atoms with E-state index in [1.165, 1.54) is 11.4 Å². The number of nitrogens with zero attached hydrogens (tertiary/aromatic N) is 1. The molecule has 0 saturated heterocycles. The first-order chi connectivity index (χ1) is 9.20. The summed E-state index contributed by atoms with van der Waals surface area (Å²) in [5.41, 5.74) is 2.67. The molecule has 19 heavy (non-hydrogen) atoms. The van der Waals surface area contributed by atoms with Crippen molar-refractivity contribution in [1.82, 2.24) is 9.88 Å². The van der Waals surface area contributed by atoms with Gasteiger partial charge in [0.2, 0.25) is 0 Å². The molecule has 0 aliphatic heterocycles. The van der Waals surface area contributed by atoms with E-state index in [9.17, 15) is 0 Å². The highest BCUT2D eigenvalue weighted by Crippen LogP contribution is 2.15. The Morgan fingerprint density at radius 3 is 2.63 bits per heavy atom. The SMILES string of the molecule is CCn1c(CNCC(C)C)ccc1Cc1ccco1. The quantitative estimate of drug-likeness (QED) is 0.826. The lowest BCUT2D eigenvalue weighted by atomic mass is 10.2. The molecule has 0 unspecified atom stereocenters. The van der Waals surface area contributed by atoms with Gasteiger partial charge in [-0.2, -0.15) is 0 Å². The molecule has 2 aromatic rings. The molecule has 3 nitrogen and oxygen atoms in total. The van der Waals surface area contributed by atoms with Crippen LogP contribution in [-0.4, -0.2) is 11.1 Å². The van der Waals surface area contributed by atoms with Crippen molar-refractivity contribution >= 4 is 0 Å². The van der Waals surface area contributed by atoms with Crippen molar-refractivity contribution in [3.05, 3.63) is 47.7 Å². The van der Waals surface area contributed by atoms with Crippen LogP contribution in [0.2, 0.25) is 0 Å². The molecule has 0 radical (unpaired) electrons. The molecule has 1 N–H and O–H groups in total. The van der Waals surface area contributed by atoms with Crippen LogP contribution >= 0.6 is 0 Å². The van der Waals surface area contributed by atoms with Gasteiger partial charge in [0.1, 0.15) is 5.76 Å². The van der Waals surface area contributed by atoms with Crippen LogP contribution in [0.15, 0.2) is 34.9 Å². The second-order valence-corrected chi connectivity index (χ2v) is 5.34. The molecule has 0 aliphatic carbocycles. The first-order valence-electron chi connectivity index (χ1n) is 7.11. The lowest BCUT2D eigenvalue weighted by Crippen LogP contribution is -2.21. The minimum atomic E-state index is 0.688. The van der Waals surface area contributed by atoms with Gasteiger partial charge in [0, 0.05) is 30.9 Å². The van der Waals surface area contributed by atoms with Crippen LogP contribution in [0.5, 0.6) is 0 Å². The summed E-state index contributed by atoms with van der Waals surface area (Å²) in [6, 6.07) is 8.40. The fourth-order valence-corrected chi connectivity index (χ4v) is 2.35. The van der Waals surface area contributed by atoms with Crippen LogP contribution in [0.3, 0.4) is 0 Å². The molecular formula is C16H24N2O. The van der Waals surface area contributed by atoms with Crippen LogP contribution in [-0.2, 0) is 19.5 Å². The molecule has 0 saturated carbocycles. The molecule has 0 fully saturated rings. The van der Waals surface area contributed by atoms with Crippen molar-refractivity contribution in [3.8, 4) is 0 Å². The van der Waals surface area contributed by atoms with Crippen LogP contribution in [0.4, 0.5) is 0 Å². The summed E-state index contributed by atoms with van der Waals surface area (Å²) >= 11 is 0. The van der Waals surface area contributed by atoms with Crippen molar-refractivity contribution in [3.63, 3.8) is 0 Å². The van der Waals surface area contributed by atoms with Gasteiger partial charge < -0.3 is 14.3 Å². The number of nitrogens with one attached hydrogen (secondary N) is 1. The van der Waals surface area contributed by atoms with Gasteiger partial charge in [-0.1, -0.05) is 13.8 Å². The van der Waals surface area contributed by atoms with Crippen molar-refractivity contribution in [2.75, 3.05) is 6.54 Å². The van der Waals surface area contributed by atoms with Crippen LogP contribution < -0.4 is 5.32 Å². The van der Waals surface area contributed by atoms with Crippen LogP contribution in [0.1, 0.15) is 37.9 Å². The number of furan rings is 1. The maximum Gasteiger partial charge on any atom is 0.109 e. The highest BCUT2D eigenvalue weighted by atomic mass is 16.3. The third-order valence-electron chi connectivity index (χ3n) is 3.27. The Kier molecular flexibility index (Phi) is 4.86. The van der Waals surface area contributed by atoms with E-state index < -0.39 is 0 Å². The van der Waals surface area contributed by atoms with Gasteiger partial charge in [0.05, 0.1) is 6.26 Å². The average Bonchev–Trinajstić information content (AvgIpc) is 2.99. The van der Waals surface area contributed by atoms with Gasteiger partial charge in [-0.05, 0) is 43.7 Å². The maximum absolute atomic E-state index is 5.43. The molecule has 3 heteroatoms. The lowest BCUT2D eigenvalue weighted by molar-refractivity contribution is 0.510. The number of hydrogen-bond donors (Lipinski definition) is 1. The zero-order valence-electron chi connectivity index (χ0n) is 12.1. The van der Waals surface area contributed by atoms with Gasteiger partial charge in [-0.3, -0.25) is 0 Å². The van der Waals surface area contributed by atoms with E-state index in [1.807, 2.05) is 12.1 Å². The van der Waals surface area contributed by atoms with E-state index in [4.69, 9.17) is 4.42 Å². The van der Waals surface area contributed by atoms with Crippen LogP contribution in [0.25, 0.3) is 0 Å². The number of rotatable bonds is 7.